The highest BCUT2D eigenvalue weighted by atomic mass is 16.1. The number of nitrogens with zero attached hydrogens (tertiary/aromatic N) is 2. The smallest absolute Gasteiger partial charge is 0.251 e. The zero-order valence-corrected chi connectivity index (χ0v) is 14.9. The van der Waals surface area contributed by atoms with Crippen molar-refractivity contribution in [2.45, 2.75) is 19.9 Å². The number of aryl methyl sites for hydroxylation is 2. The molecule has 132 valence electrons. The molecule has 4 nitrogen and oxygen atoms in total. The van der Waals surface area contributed by atoms with E-state index in [0.717, 1.165) is 29.8 Å². The number of hydrogen-bond acceptors (Lipinski definition) is 2. The van der Waals surface area contributed by atoms with Crippen LogP contribution in [0.15, 0.2) is 72.9 Å². The topological polar surface area (TPSA) is 46.9 Å². The molecule has 1 amide bonds. The van der Waals surface area contributed by atoms with Gasteiger partial charge in [0, 0.05) is 30.6 Å². The van der Waals surface area contributed by atoms with Crippen molar-refractivity contribution >= 4 is 17.6 Å². The third-order valence-corrected chi connectivity index (χ3v) is 4.20. The van der Waals surface area contributed by atoms with Crippen molar-refractivity contribution < 1.29 is 4.79 Å². The van der Waals surface area contributed by atoms with E-state index in [1.807, 2.05) is 84.4 Å². The Morgan fingerprint density at radius 3 is 2.38 bits per heavy atom. The summed E-state index contributed by atoms with van der Waals surface area (Å²) in [6.07, 6.45) is 4.56. The van der Waals surface area contributed by atoms with Crippen molar-refractivity contribution in [2.24, 2.45) is 0 Å². The summed E-state index contributed by atoms with van der Waals surface area (Å²) in [6, 6.07) is 21.7. The Hall–Kier alpha value is -3.14. The van der Waals surface area contributed by atoms with Crippen LogP contribution in [0.4, 0.5) is 0 Å². The number of hydrogen-bond donors (Lipinski definition) is 1. The molecule has 0 saturated carbocycles. The summed E-state index contributed by atoms with van der Waals surface area (Å²) in [5.74, 6) is -0.0581. The molecular formula is C22H23N3O. The lowest BCUT2D eigenvalue weighted by molar-refractivity contribution is -0.115. The molecule has 0 aliphatic heterocycles. The van der Waals surface area contributed by atoms with E-state index >= 15 is 0 Å². The second kappa shape index (κ2) is 8.81. The van der Waals surface area contributed by atoms with Crippen molar-refractivity contribution in [1.82, 2.24) is 15.1 Å². The molecule has 0 unspecified atom stereocenters. The second-order valence-corrected chi connectivity index (χ2v) is 6.14. The first kappa shape index (κ1) is 17.7. The van der Waals surface area contributed by atoms with E-state index in [2.05, 4.69) is 10.4 Å². The van der Waals surface area contributed by atoms with Gasteiger partial charge in [0.1, 0.15) is 0 Å². The Balaban J connectivity index is 1.67. The summed E-state index contributed by atoms with van der Waals surface area (Å²) in [5.41, 5.74) is 3.72. The van der Waals surface area contributed by atoms with Gasteiger partial charge in [-0.05, 0) is 36.6 Å². The van der Waals surface area contributed by atoms with Crippen LogP contribution in [0.25, 0.3) is 11.6 Å². The fourth-order valence-corrected chi connectivity index (χ4v) is 2.77. The molecule has 2 aromatic carbocycles. The van der Waals surface area contributed by atoms with E-state index in [0.29, 0.717) is 12.1 Å². The Kier molecular flexibility index (Phi) is 5.99. The summed E-state index contributed by atoms with van der Waals surface area (Å²) >= 11 is 0. The maximum Gasteiger partial charge on any atom is 0.251 e. The van der Waals surface area contributed by atoms with E-state index in [4.69, 9.17) is 0 Å². The summed E-state index contributed by atoms with van der Waals surface area (Å²) < 4.78 is 1.95. The zero-order chi connectivity index (χ0) is 18.2. The third-order valence-electron chi connectivity index (χ3n) is 4.20. The molecule has 0 bridgehead atoms. The molecule has 1 heterocycles. The lowest BCUT2D eigenvalue weighted by Crippen LogP contribution is -2.26. The molecule has 0 aliphatic carbocycles. The molecule has 3 aromatic rings. The van der Waals surface area contributed by atoms with Crippen molar-refractivity contribution in [1.29, 1.82) is 0 Å². The normalized spacial score (nSPS) is 11.3. The Morgan fingerprint density at radius 2 is 1.73 bits per heavy atom. The SMILES string of the molecule is Cc1ccnn1CCCNC(=O)/C(=C\c1ccccc1)c1ccccc1. The van der Waals surface area contributed by atoms with Gasteiger partial charge < -0.3 is 5.32 Å². The average molecular weight is 345 g/mol. The number of aromatic nitrogens is 2. The van der Waals surface area contributed by atoms with Crippen LogP contribution in [0.1, 0.15) is 23.2 Å². The summed E-state index contributed by atoms with van der Waals surface area (Å²) in [5, 5.41) is 7.30. The minimum absolute atomic E-state index is 0.0581. The molecule has 26 heavy (non-hydrogen) atoms. The van der Waals surface area contributed by atoms with E-state index in [1.54, 1.807) is 6.20 Å². The summed E-state index contributed by atoms with van der Waals surface area (Å²) in [6.45, 7) is 3.43. The zero-order valence-electron chi connectivity index (χ0n) is 14.9. The molecular weight excluding hydrogens is 322 g/mol. The van der Waals surface area contributed by atoms with Gasteiger partial charge in [-0.2, -0.15) is 5.10 Å². The van der Waals surface area contributed by atoms with Crippen LogP contribution >= 0.6 is 0 Å². The van der Waals surface area contributed by atoms with Crippen LogP contribution in [-0.2, 0) is 11.3 Å². The molecule has 1 aromatic heterocycles. The largest absolute Gasteiger partial charge is 0.352 e. The van der Waals surface area contributed by atoms with Gasteiger partial charge >= 0.3 is 0 Å². The standard InChI is InChI=1S/C22H23N3O/c1-18-13-15-24-25(18)16-8-14-23-22(26)21(20-11-6-3-7-12-20)17-19-9-4-2-5-10-19/h2-7,9-13,15,17H,8,14,16H2,1H3,(H,23,26)/b21-17-. The first-order valence-electron chi connectivity index (χ1n) is 8.83. The Morgan fingerprint density at radius 1 is 1.04 bits per heavy atom. The van der Waals surface area contributed by atoms with Crippen molar-refractivity contribution in [3.63, 3.8) is 0 Å². The number of benzene rings is 2. The lowest BCUT2D eigenvalue weighted by atomic mass is 10.0. The second-order valence-electron chi connectivity index (χ2n) is 6.14. The molecule has 0 radical (unpaired) electrons. The monoisotopic (exact) mass is 345 g/mol. The highest BCUT2D eigenvalue weighted by molar-refractivity contribution is 6.24. The van der Waals surface area contributed by atoms with Crippen LogP contribution in [-0.4, -0.2) is 22.2 Å². The molecule has 4 heteroatoms. The maximum atomic E-state index is 12.8. The number of carbonyl (C=O) groups excluding carboxylic acids is 1. The summed E-state index contributed by atoms with van der Waals surface area (Å²) in [7, 11) is 0. The van der Waals surface area contributed by atoms with Gasteiger partial charge in [-0.1, -0.05) is 60.7 Å². The first-order chi connectivity index (χ1) is 12.7. The molecule has 0 saturated heterocycles. The Bertz CT molecular complexity index is 867. The van der Waals surface area contributed by atoms with Gasteiger partial charge in [0.2, 0.25) is 0 Å². The highest BCUT2D eigenvalue weighted by Crippen LogP contribution is 2.18. The van der Waals surface area contributed by atoms with Crippen molar-refractivity contribution in [3.05, 3.63) is 89.7 Å². The predicted molar refractivity (Wildman–Crippen MR) is 105 cm³/mol. The highest BCUT2D eigenvalue weighted by Gasteiger charge is 2.11. The molecule has 0 atom stereocenters. The number of carbonyl (C=O) groups is 1. The lowest BCUT2D eigenvalue weighted by Gasteiger charge is -2.10. The van der Waals surface area contributed by atoms with Crippen LogP contribution in [0.2, 0.25) is 0 Å². The minimum Gasteiger partial charge on any atom is -0.352 e. The van der Waals surface area contributed by atoms with Crippen LogP contribution in [0, 0.1) is 6.92 Å². The molecule has 0 spiro atoms. The third kappa shape index (κ3) is 4.70. The van der Waals surface area contributed by atoms with Gasteiger partial charge in [-0.3, -0.25) is 9.48 Å². The van der Waals surface area contributed by atoms with E-state index in [-0.39, 0.29) is 5.91 Å². The van der Waals surface area contributed by atoms with Gasteiger partial charge in [-0.25, -0.2) is 0 Å². The quantitative estimate of drug-likeness (QED) is 0.400. The van der Waals surface area contributed by atoms with Gasteiger partial charge in [-0.15, -0.1) is 0 Å². The van der Waals surface area contributed by atoms with Gasteiger partial charge in [0.25, 0.3) is 5.91 Å². The minimum atomic E-state index is -0.0581. The van der Waals surface area contributed by atoms with E-state index < -0.39 is 0 Å². The first-order valence-corrected chi connectivity index (χ1v) is 8.83. The van der Waals surface area contributed by atoms with E-state index in [9.17, 15) is 4.79 Å². The maximum absolute atomic E-state index is 12.8. The van der Waals surface area contributed by atoms with Crippen molar-refractivity contribution in [3.8, 4) is 0 Å². The fourth-order valence-electron chi connectivity index (χ4n) is 2.77. The Labute approximate surface area is 154 Å². The van der Waals surface area contributed by atoms with Crippen LogP contribution in [0.3, 0.4) is 0 Å². The van der Waals surface area contributed by atoms with E-state index in [1.165, 1.54) is 0 Å². The summed E-state index contributed by atoms with van der Waals surface area (Å²) in [4.78, 5) is 12.8. The number of amides is 1. The molecule has 0 aliphatic rings. The molecule has 3 rings (SSSR count). The fraction of sp³-hybridized carbons (Fsp3) is 0.182. The number of rotatable bonds is 7. The predicted octanol–water partition coefficient (Wildman–Crippen LogP) is 3.94. The van der Waals surface area contributed by atoms with Gasteiger partial charge in [0.15, 0.2) is 0 Å². The number of nitrogens with one attached hydrogen (secondary N) is 1. The van der Waals surface area contributed by atoms with Crippen LogP contribution in [0.5, 0.6) is 0 Å². The average Bonchev–Trinajstić information content (AvgIpc) is 3.09. The van der Waals surface area contributed by atoms with Crippen molar-refractivity contribution in [2.75, 3.05) is 6.54 Å². The van der Waals surface area contributed by atoms with Gasteiger partial charge in [0.05, 0.1) is 0 Å². The van der Waals surface area contributed by atoms with Crippen LogP contribution < -0.4 is 5.32 Å². The molecule has 0 fully saturated rings. The molecule has 1 N–H and O–H groups in total.